The van der Waals surface area contributed by atoms with E-state index >= 15 is 0 Å². The second-order valence-electron chi connectivity index (χ2n) is 5.25. The van der Waals surface area contributed by atoms with E-state index in [1.165, 1.54) is 33.7 Å². The van der Waals surface area contributed by atoms with Crippen LogP contribution in [0.3, 0.4) is 0 Å². The molecule has 2 aromatic carbocycles. The van der Waals surface area contributed by atoms with E-state index in [1.54, 1.807) is 11.3 Å². The summed E-state index contributed by atoms with van der Waals surface area (Å²) in [6.45, 7) is 0.859. The Morgan fingerprint density at radius 1 is 1.10 bits per heavy atom. The molecule has 1 aromatic heterocycles. The van der Waals surface area contributed by atoms with Gasteiger partial charge in [0.15, 0.2) is 0 Å². The van der Waals surface area contributed by atoms with E-state index in [0.717, 1.165) is 12.1 Å². The smallest absolute Gasteiger partial charge is 0.108 e. The molecule has 1 atom stereocenters. The van der Waals surface area contributed by atoms with Crippen molar-refractivity contribution in [2.45, 2.75) is 25.4 Å². The van der Waals surface area contributed by atoms with Crippen LogP contribution in [-0.4, -0.2) is 4.98 Å². The van der Waals surface area contributed by atoms with Gasteiger partial charge in [0, 0.05) is 12.6 Å². The van der Waals surface area contributed by atoms with Gasteiger partial charge in [-0.1, -0.05) is 36.4 Å². The summed E-state index contributed by atoms with van der Waals surface area (Å²) >= 11 is 1.79. The number of para-hydroxylation sites is 1. The minimum atomic E-state index is 0.484. The van der Waals surface area contributed by atoms with Crippen LogP contribution >= 0.6 is 11.3 Å². The number of nitrogens with one attached hydrogen (secondary N) is 1. The Kier molecular flexibility index (Phi) is 3.02. The van der Waals surface area contributed by atoms with Gasteiger partial charge < -0.3 is 5.32 Å². The second kappa shape index (κ2) is 5.00. The number of aromatic nitrogens is 1. The van der Waals surface area contributed by atoms with E-state index in [2.05, 4.69) is 52.8 Å². The van der Waals surface area contributed by atoms with Gasteiger partial charge in [-0.25, -0.2) is 4.98 Å². The Labute approximate surface area is 122 Å². The van der Waals surface area contributed by atoms with Gasteiger partial charge in [0.25, 0.3) is 0 Å². The SMILES string of the molecule is c1ccc2c(c1)CCC2NCc1nc2ccccc2s1. The van der Waals surface area contributed by atoms with Gasteiger partial charge in [-0.15, -0.1) is 11.3 Å². The van der Waals surface area contributed by atoms with Crippen molar-refractivity contribution < 1.29 is 0 Å². The van der Waals surface area contributed by atoms with Gasteiger partial charge >= 0.3 is 0 Å². The van der Waals surface area contributed by atoms with E-state index < -0.39 is 0 Å². The average molecular weight is 280 g/mol. The second-order valence-corrected chi connectivity index (χ2v) is 6.36. The number of benzene rings is 2. The summed E-state index contributed by atoms with van der Waals surface area (Å²) in [7, 11) is 0. The molecule has 1 N–H and O–H groups in total. The van der Waals surface area contributed by atoms with Crippen molar-refractivity contribution in [3.63, 3.8) is 0 Å². The predicted molar refractivity (Wildman–Crippen MR) is 84.0 cm³/mol. The standard InChI is InChI=1S/C17H16N2S/c1-2-6-13-12(5-1)9-10-14(13)18-11-17-19-15-7-3-4-8-16(15)20-17/h1-8,14,18H,9-11H2. The van der Waals surface area contributed by atoms with Gasteiger partial charge in [0.2, 0.25) is 0 Å². The Hall–Kier alpha value is -1.71. The lowest BCUT2D eigenvalue weighted by Gasteiger charge is -2.12. The molecular formula is C17H16N2S. The highest BCUT2D eigenvalue weighted by molar-refractivity contribution is 7.18. The zero-order valence-electron chi connectivity index (χ0n) is 11.2. The maximum Gasteiger partial charge on any atom is 0.108 e. The van der Waals surface area contributed by atoms with Crippen LogP contribution in [0.4, 0.5) is 0 Å². The third-order valence-electron chi connectivity index (χ3n) is 3.97. The number of nitrogens with zero attached hydrogens (tertiary/aromatic N) is 1. The summed E-state index contributed by atoms with van der Waals surface area (Å²) in [6, 6.07) is 17.6. The topological polar surface area (TPSA) is 24.9 Å². The Bertz CT molecular complexity index is 714. The van der Waals surface area contributed by atoms with Crippen molar-refractivity contribution >= 4 is 21.6 Å². The summed E-state index contributed by atoms with van der Waals surface area (Å²) in [4.78, 5) is 4.69. The highest BCUT2D eigenvalue weighted by Gasteiger charge is 2.21. The summed E-state index contributed by atoms with van der Waals surface area (Å²) < 4.78 is 1.27. The fraction of sp³-hybridized carbons (Fsp3) is 0.235. The molecule has 0 saturated carbocycles. The van der Waals surface area contributed by atoms with E-state index in [9.17, 15) is 0 Å². The van der Waals surface area contributed by atoms with Crippen LogP contribution in [0, 0.1) is 0 Å². The van der Waals surface area contributed by atoms with Crippen molar-refractivity contribution in [1.82, 2.24) is 10.3 Å². The van der Waals surface area contributed by atoms with E-state index in [-0.39, 0.29) is 0 Å². The van der Waals surface area contributed by atoms with Crippen LogP contribution in [0.5, 0.6) is 0 Å². The lowest BCUT2D eigenvalue weighted by Crippen LogP contribution is -2.18. The van der Waals surface area contributed by atoms with Crippen molar-refractivity contribution in [2.75, 3.05) is 0 Å². The van der Waals surface area contributed by atoms with Gasteiger partial charge in [0.1, 0.15) is 5.01 Å². The van der Waals surface area contributed by atoms with Crippen molar-refractivity contribution in [3.8, 4) is 0 Å². The third-order valence-corrected chi connectivity index (χ3v) is 5.01. The van der Waals surface area contributed by atoms with Crippen LogP contribution in [0.2, 0.25) is 0 Å². The van der Waals surface area contributed by atoms with Crippen LogP contribution in [0.15, 0.2) is 48.5 Å². The summed E-state index contributed by atoms with van der Waals surface area (Å²) in [5, 5.41) is 4.84. The average Bonchev–Trinajstić information content (AvgIpc) is 3.08. The predicted octanol–water partition coefficient (Wildman–Crippen LogP) is 4.07. The molecule has 1 heterocycles. The molecule has 2 nitrogen and oxygen atoms in total. The first-order valence-corrected chi connectivity index (χ1v) is 7.87. The van der Waals surface area contributed by atoms with Crippen LogP contribution in [0.25, 0.3) is 10.2 Å². The van der Waals surface area contributed by atoms with Crippen LogP contribution in [0.1, 0.15) is 28.6 Å². The van der Waals surface area contributed by atoms with Crippen molar-refractivity contribution in [1.29, 1.82) is 0 Å². The molecule has 3 aromatic rings. The van der Waals surface area contributed by atoms with Gasteiger partial charge in [-0.05, 0) is 36.1 Å². The van der Waals surface area contributed by atoms with Gasteiger partial charge in [-0.2, -0.15) is 0 Å². The third kappa shape index (κ3) is 2.13. The first kappa shape index (κ1) is 12.1. The number of thiazole rings is 1. The monoisotopic (exact) mass is 280 g/mol. The maximum atomic E-state index is 4.69. The number of hydrogen-bond donors (Lipinski definition) is 1. The lowest BCUT2D eigenvalue weighted by atomic mass is 10.1. The Morgan fingerprint density at radius 3 is 2.90 bits per heavy atom. The highest BCUT2D eigenvalue weighted by atomic mass is 32.1. The molecule has 1 aliphatic rings. The first-order chi connectivity index (χ1) is 9.90. The fourth-order valence-corrected chi connectivity index (χ4v) is 3.89. The van der Waals surface area contributed by atoms with Gasteiger partial charge in [0.05, 0.1) is 10.2 Å². The Morgan fingerprint density at radius 2 is 1.95 bits per heavy atom. The molecule has 0 fully saturated rings. The molecule has 0 radical (unpaired) electrons. The molecule has 100 valence electrons. The molecule has 1 unspecified atom stereocenters. The first-order valence-electron chi connectivity index (χ1n) is 7.06. The molecule has 0 saturated heterocycles. The van der Waals surface area contributed by atoms with Crippen molar-refractivity contribution in [2.24, 2.45) is 0 Å². The van der Waals surface area contributed by atoms with Crippen LogP contribution in [-0.2, 0) is 13.0 Å². The summed E-state index contributed by atoms with van der Waals surface area (Å²) in [6.07, 6.45) is 2.39. The molecule has 1 aliphatic carbocycles. The van der Waals surface area contributed by atoms with Gasteiger partial charge in [-0.3, -0.25) is 0 Å². The fourth-order valence-electron chi connectivity index (χ4n) is 2.98. The molecule has 4 rings (SSSR count). The van der Waals surface area contributed by atoms with Crippen LogP contribution < -0.4 is 5.32 Å². The highest BCUT2D eigenvalue weighted by Crippen LogP contribution is 2.31. The number of rotatable bonds is 3. The summed E-state index contributed by atoms with van der Waals surface area (Å²) in [5.41, 5.74) is 4.07. The zero-order chi connectivity index (χ0) is 13.4. The number of fused-ring (bicyclic) bond motifs is 2. The molecule has 0 aliphatic heterocycles. The molecule has 3 heteroatoms. The summed E-state index contributed by atoms with van der Waals surface area (Å²) in [5.74, 6) is 0. The quantitative estimate of drug-likeness (QED) is 0.782. The maximum absolute atomic E-state index is 4.69. The molecule has 0 bridgehead atoms. The zero-order valence-corrected chi connectivity index (χ0v) is 12.0. The molecule has 0 spiro atoms. The normalized spacial score (nSPS) is 17.5. The Balaban J connectivity index is 1.51. The molecule has 20 heavy (non-hydrogen) atoms. The minimum absolute atomic E-state index is 0.484. The number of hydrogen-bond acceptors (Lipinski definition) is 3. The number of aryl methyl sites for hydroxylation is 1. The van der Waals surface area contributed by atoms with Crippen molar-refractivity contribution in [3.05, 3.63) is 64.7 Å². The minimum Gasteiger partial charge on any atom is -0.304 e. The van der Waals surface area contributed by atoms with E-state index in [4.69, 9.17) is 0 Å². The molecule has 0 amide bonds. The molecular weight excluding hydrogens is 264 g/mol. The van der Waals surface area contributed by atoms with E-state index in [1.807, 2.05) is 6.07 Å². The largest absolute Gasteiger partial charge is 0.304 e. The van der Waals surface area contributed by atoms with E-state index in [0.29, 0.717) is 6.04 Å². The lowest BCUT2D eigenvalue weighted by molar-refractivity contribution is 0.529.